The molecule has 0 atom stereocenters. The van der Waals surface area contributed by atoms with E-state index in [9.17, 15) is 105 Å². The van der Waals surface area contributed by atoms with E-state index in [1.807, 2.05) is 0 Å². The minimum absolute atomic E-state index is 0.141. The van der Waals surface area contributed by atoms with Crippen LogP contribution in [0.4, 0.5) is 52.7 Å². The van der Waals surface area contributed by atoms with E-state index < -0.39 is 182 Å². The quantitative estimate of drug-likeness (QED) is 0.0138. The molecule has 10 rings (SSSR count). The first-order chi connectivity index (χ1) is 56.4. The first-order valence-corrected chi connectivity index (χ1v) is 48.7. The zero-order chi connectivity index (χ0) is 92.0. The van der Waals surface area contributed by atoms with E-state index in [0.29, 0.717) is 11.1 Å². The van der Waals surface area contributed by atoms with Gasteiger partial charge in [0.05, 0.1) is 9.79 Å². The van der Waals surface area contributed by atoms with Gasteiger partial charge in [0, 0.05) is 83.1 Å². The first kappa shape index (κ1) is 100. The molecular formula is C74H68ClF12N3O24P6S3. The Morgan fingerprint density at radius 3 is 0.756 bits per heavy atom. The van der Waals surface area contributed by atoms with Crippen LogP contribution in [0, 0.1) is 0 Å². The molecule has 0 aliphatic rings. The van der Waals surface area contributed by atoms with Crippen molar-refractivity contribution in [1.29, 1.82) is 0 Å². The minimum Gasteiger partial charge on any atom is -0.320 e. The van der Waals surface area contributed by atoms with Crippen LogP contribution in [0.3, 0.4) is 0 Å². The molecule has 0 fully saturated rings. The molecule has 0 saturated carbocycles. The molecule has 0 unspecified atom stereocenters. The van der Waals surface area contributed by atoms with Crippen molar-refractivity contribution in [2.24, 2.45) is 0 Å². The number of rotatable bonds is 32. The summed E-state index contributed by atoms with van der Waals surface area (Å²) in [6.07, 6.45) is 1.30. The summed E-state index contributed by atoms with van der Waals surface area (Å²) in [7, 11) is -47.9. The van der Waals surface area contributed by atoms with Crippen molar-refractivity contribution in [3.8, 4) is 11.1 Å². The third-order valence-electron chi connectivity index (χ3n) is 17.8. The number of benzene rings is 10. The van der Waals surface area contributed by atoms with Crippen LogP contribution < -0.4 is 0 Å². The summed E-state index contributed by atoms with van der Waals surface area (Å²) in [5.74, 6) is 0. The Labute approximate surface area is 698 Å². The lowest BCUT2D eigenvalue weighted by molar-refractivity contribution is 0.0564. The van der Waals surface area contributed by atoms with Gasteiger partial charge in [-0.05, 0) is 92.5 Å². The molecule has 10 aromatic carbocycles. The van der Waals surface area contributed by atoms with Gasteiger partial charge < -0.3 is 58.7 Å². The molecule has 0 spiro atoms. The number of alkyl halides is 12. The zero-order valence-electron chi connectivity index (χ0n) is 62.1. The second-order valence-electron chi connectivity index (χ2n) is 26.6. The van der Waals surface area contributed by atoms with Gasteiger partial charge >= 0.3 is 79.6 Å². The lowest BCUT2D eigenvalue weighted by Crippen LogP contribution is -2.30. The molecule has 123 heavy (non-hydrogen) atoms. The van der Waals surface area contributed by atoms with Gasteiger partial charge in [-0.25, -0.2) is 25.3 Å². The van der Waals surface area contributed by atoms with Gasteiger partial charge in [-0.2, -0.15) is 65.6 Å². The van der Waals surface area contributed by atoms with Gasteiger partial charge in [-0.3, -0.25) is 27.4 Å². The molecule has 12 N–H and O–H groups in total. The van der Waals surface area contributed by atoms with E-state index in [2.05, 4.69) is 0 Å². The smallest absolute Gasteiger partial charge is 0.320 e. The van der Waals surface area contributed by atoms with E-state index >= 15 is 0 Å². The zero-order valence-corrected chi connectivity index (χ0v) is 70.6. The summed E-state index contributed by atoms with van der Waals surface area (Å²) in [5, 5.41) is 1.12. The molecule has 49 heteroatoms. The van der Waals surface area contributed by atoms with Crippen molar-refractivity contribution in [2.75, 3.05) is 0 Å². The Morgan fingerprint density at radius 1 is 0.276 bits per heavy atom. The Bertz CT molecular complexity index is 5860. The predicted molar refractivity (Wildman–Crippen MR) is 424 cm³/mol. The third kappa shape index (κ3) is 24.4. The fraction of sp³-hybridized carbons (Fsp3) is 0.162. The van der Waals surface area contributed by atoms with Crippen molar-refractivity contribution < 1.29 is 164 Å². The molecule has 0 saturated heterocycles. The Kier molecular flexibility index (Phi) is 31.3. The van der Waals surface area contributed by atoms with Gasteiger partial charge in [0.1, 0.15) is 0 Å². The van der Waals surface area contributed by atoms with Gasteiger partial charge in [0.2, 0.25) is 30.1 Å². The third-order valence-corrected chi connectivity index (χ3v) is 29.0. The number of halogens is 13. The first-order valence-electron chi connectivity index (χ1n) is 34.3. The second-order valence-corrected chi connectivity index (χ2v) is 42.6. The molecule has 0 amide bonds. The highest BCUT2D eigenvalue weighted by atomic mass is 35.5. The van der Waals surface area contributed by atoms with Crippen molar-refractivity contribution >= 4 is 93.3 Å². The van der Waals surface area contributed by atoms with E-state index in [0.717, 1.165) is 169 Å². The molecular weight excluding hydrogens is 1860 g/mol. The van der Waals surface area contributed by atoms with Crippen LogP contribution in [-0.4, -0.2) is 96.9 Å². The number of nitrogens with zero attached hydrogens (tertiary/aromatic N) is 3. The molecule has 0 aliphatic carbocycles. The Balaban J connectivity index is 0.000000230. The van der Waals surface area contributed by atoms with Gasteiger partial charge in [0.25, 0.3) is 0 Å². The predicted octanol–water partition coefficient (Wildman–Crippen LogP) is 16.5. The maximum atomic E-state index is 14.2. The SMILES string of the molecule is O=P(O)(O)C(F)(F)c1ccc(CN(Cc2ccc(C(F)(F)P(=O)(O)O)cc2)S(=O)(=O)/C=C/c2ccccc2)cc1.O=P(O)(O)C(F)(F)c1ccc(CN(Cc2ccc(C(F)(F)P(=O)(O)O)cc2)S(=O)(=O)c2ccc(Cl)cc2)cc1.O=P(O)(O)C(F)(F)c1ccc(CN(Cc2ccc(C(F)(F)P(=O)(O)O)cc2)S(=O)(=O)c2cccc(-c3ccccc3)c2)cc1. The Morgan fingerprint density at radius 2 is 0.504 bits per heavy atom. The van der Waals surface area contributed by atoms with Crippen LogP contribution in [0.5, 0.6) is 0 Å². The van der Waals surface area contributed by atoms with Crippen LogP contribution in [0.2, 0.25) is 5.02 Å². The van der Waals surface area contributed by atoms with Crippen LogP contribution in [0.25, 0.3) is 17.2 Å². The number of hydrogen-bond donors (Lipinski definition) is 12. The highest BCUT2D eigenvalue weighted by Crippen LogP contribution is 2.64. The van der Waals surface area contributed by atoms with Crippen molar-refractivity contribution in [1.82, 2.24) is 12.9 Å². The summed E-state index contributed by atoms with van der Waals surface area (Å²) in [4.78, 5) is 107. The minimum atomic E-state index is -5.84. The standard InChI is InChI=1S/C28H25F4NO8P2S.C24H23F4NO8P2S.C22H20ClF4NO8P2S/c29-27(30,42(34,35)36)24-13-9-20(10-14-24)18-33(19-21-11-15-25(16-12-21)28(31,32)43(37,38)39)44(40,41)26-8-4-7-23(17-26)22-5-2-1-3-6-22;25-23(26,38(30,31)32)21-10-6-19(7-11-21)16-29(40(36,37)15-14-18-4-2-1-3-5-18)17-20-8-12-22(13-9-20)24(27,28)39(33,34)35;23-19-9-11-20(12-10-19)39(35,36)28(13-15-1-5-17(6-2-15)21(24,25)37(29,30)31)14-16-3-7-18(8-4-16)22(26,27)38(32,33)34/h1-17H,18-19H2,(H2,34,35,36)(H2,37,38,39);1-15H,16-17H2,(H2,30,31,32)(H2,33,34,35);1-12H,13-14H2,(H2,29,30,31)(H2,32,33,34)/b;15-14+;. The lowest BCUT2D eigenvalue weighted by Gasteiger charge is -2.24. The van der Waals surface area contributed by atoms with Crippen LogP contribution in [0.15, 0.2) is 270 Å². The average molecular weight is 1930 g/mol. The lowest BCUT2D eigenvalue weighted by atomic mass is 10.1. The fourth-order valence-corrected chi connectivity index (χ4v) is 18.0. The maximum absolute atomic E-state index is 14.2. The molecule has 0 aliphatic heterocycles. The van der Waals surface area contributed by atoms with E-state index in [-0.39, 0.29) is 48.2 Å². The van der Waals surface area contributed by atoms with Crippen LogP contribution in [-0.2, 0) is 131 Å². The molecule has 0 aromatic heterocycles. The molecule has 27 nitrogen and oxygen atoms in total. The summed E-state index contributed by atoms with van der Waals surface area (Å²) in [5.41, 5.74) is -30.0. The van der Waals surface area contributed by atoms with Gasteiger partial charge in [-0.15, -0.1) is 0 Å². The van der Waals surface area contributed by atoms with Crippen LogP contribution >= 0.6 is 57.2 Å². The van der Waals surface area contributed by atoms with E-state index in [1.165, 1.54) is 48.5 Å². The fourth-order valence-electron chi connectivity index (χ4n) is 11.0. The van der Waals surface area contributed by atoms with Gasteiger partial charge in [-0.1, -0.05) is 230 Å². The second kappa shape index (κ2) is 38.3. The topological polar surface area (TPSA) is 457 Å². The molecule has 10 aromatic rings. The normalized spacial score (nSPS) is 13.5. The van der Waals surface area contributed by atoms with Crippen LogP contribution in [0.1, 0.15) is 72.3 Å². The molecule has 0 heterocycles. The number of sulfonamides is 3. The molecule has 0 bridgehead atoms. The monoisotopic (exact) mass is 1930 g/mol. The largest absolute Gasteiger partial charge is 0.399 e. The summed E-state index contributed by atoms with van der Waals surface area (Å²) >= 11 is 5.83. The number of hydrogen-bond acceptors (Lipinski definition) is 12. The van der Waals surface area contributed by atoms with E-state index in [4.69, 9.17) is 70.3 Å². The highest BCUT2D eigenvalue weighted by molar-refractivity contribution is 7.92. The van der Waals surface area contributed by atoms with Crippen molar-refractivity contribution in [3.63, 3.8) is 0 Å². The van der Waals surface area contributed by atoms with Crippen molar-refractivity contribution in [3.05, 3.63) is 338 Å². The van der Waals surface area contributed by atoms with E-state index in [1.54, 1.807) is 66.7 Å². The van der Waals surface area contributed by atoms with Crippen molar-refractivity contribution in [2.45, 2.75) is 83.0 Å². The Hall–Kier alpha value is -7.98. The summed E-state index contributed by atoms with van der Waals surface area (Å²) in [6.45, 7) is -2.56. The molecule has 662 valence electrons. The summed E-state index contributed by atoms with van der Waals surface area (Å²) < 4.78 is 319. The van der Waals surface area contributed by atoms with Gasteiger partial charge in [0.15, 0.2) is 0 Å². The summed E-state index contributed by atoms with van der Waals surface area (Å²) in [6, 6.07) is 49.9. The maximum Gasteiger partial charge on any atom is 0.399 e. The highest BCUT2D eigenvalue weighted by Gasteiger charge is 2.55. The molecule has 0 radical (unpaired) electrons. The average Bonchev–Trinajstić information content (AvgIpc) is 0.750.